The molecule has 0 bridgehead atoms. The topological polar surface area (TPSA) is 87.4 Å². The van der Waals surface area contributed by atoms with Gasteiger partial charge in [-0.25, -0.2) is 4.79 Å². The summed E-state index contributed by atoms with van der Waals surface area (Å²) in [5, 5.41) is 12.1. The van der Waals surface area contributed by atoms with Gasteiger partial charge < -0.3 is 19.5 Å². The molecule has 1 aliphatic heterocycles. The molecule has 1 fully saturated rings. The van der Waals surface area contributed by atoms with Crippen LogP contribution in [-0.2, 0) is 11.8 Å². The number of carbonyl (C=O) groups excluding carboxylic acids is 2. The zero-order valence-electron chi connectivity index (χ0n) is 22.2. The number of carbonyl (C=O) groups is 2. The molecule has 0 aliphatic carbocycles. The van der Waals surface area contributed by atoms with E-state index < -0.39 is 11.7 Å². The second-order valence-electron chi connectivity index (χ2n) is 10.6. The largest absolute Gasteiger partial charge is 0.444 e. The van der Waals surface area contributed by atoms with Crippen molar-refractivity contribution < 1.29 is 14.3 Å². The Hall–Kier alpha value is -4.05. The van der Waals surface area contributed by atoms with E-state index in [0.29, 0.717) is 24.3 Å². The first-order chi connectivity index (χ1) is 17.6. The number of aryl methyl sites for hydroxylation is 1. The number of alkyl carbamates (subject to hydrolysis) is 1. The van der Waals surface area contributed by atoms with Gasteiger partial charge in [-0.1, -0.05) is 42.0 Å². The Morgan fingerprint density at radius 2 is 1.70 bits per heavy atom. The van der Waals surface area contributed by atoms with Gasteiger partial charge in [0, 0.05) is 31.7 Å². The molecule has 1 aromatic heterocycles. The molecule has 2 amide bonds. The van der Waals surface area contributed by atoms with Crippen molar-refractivity contribution in [1.82, 2.24) is 14.8 Å². The summed E-state index contributed by atoms with van der Waals surface area (Å²) in [6.45, 7) is 8.59. The number of rotatable bonds is 4. The summed E-state index contributed by atoms with van der Waals surface area (Å²) < 4.78 is 7.35. The van der Waals surface area contributed by atoms with Crippen LogP contribution in [0.2, 0.25) is 0 Å². The van der Waals surface area contributed by atoms with Gasteiger partial charge in [-0.15, -0.1) is 0 Å². The number of nitrogens with zero attached hydrogens (tertiary/aromatic N) is 3. The highest BCUT2D eigenvalue weighted by atomic mass is 16.6. The van der Waals surface area contributed by atoms with Gasteiger partial charge in [0.15, 0.2) is 0 Å². The van der Waals surface area contributed by atoms with Crippen molar-refractivity contribution in [2.75, 3.05) is 13.1 Å². The van der Waals surface area contributed by atoms with Crippen LogP contribution in [0.15, 0.2) is 54.6 Å². The van der Waals surface area contributed by atoms with Crippen LogP contribution in [0, 0.1) is 18.3 Å². The van der Waals surface area contributed by atoms with Gasteiger partial charge >= 0.3 is 6.09 Å². The van der Waals surface area contributed by atoms with Crippen LogP contribution in [0.1, 0.15) is 55.2 Å². The average molecular weight is 499 g/mol. The SMILES string of the molecule is Cc1ccc(-c2c(-c3ccc(C#N)cc3)cc(C(=O)N3CCCC(NC(=O)OC(C)(C)C)C3)n2C)cc1. The van der Waals surface area contributed by atoms with Gasteiger partial charge in [-0.05, 0) is 69.9 Å². The van der Waals surface area contributed by atoms with Crippen molar-refractivity contribution in [3.8, 4) is 28.5 Å². The van der Waals surface area contributed by atoms with Gasteiger partial charge in [-0.3, -0.25) is 4.79 Å². The van der Waals surface area contributed by atoms with E-state index in [0.717, 1.165) is 40.8 Å². The van der Waals surface area contributed by atoms with E-state index in [4.69, 9.17) is 4.74 Å². The number of piperidine rings is 1. The lowest BCUT2D eigenvalue weighted by Gasteiger charge is -2.33. The lowest BCUT2D eigenvalue weighted by Crippen LogP contribution is -2.50. The van der Waals surface area contributed by atoms with E-state index in [9.17, 15) is 14.9 Å². The van der Waals surface area contributed by atoms with E-state index in [1.54, 1.807) is 12.1 Å². The number of likely N-dealkylation sites (tertiary alicyclic amines) is 1. The summed E-state index contributed by atoms with van der Waals surface area (Å²) in [4.78, 5) is 27.9. The second kappa shape index (κ2) is 10.5. The molecule has 7 nitrogen and oxygen atoms in total. The van der Waals surface area contributed by atoms with Crippen molar-refractivity contribution in [1.29, 1.82) is 5.26 Å². The van der Waals surface area contributed by atoms with E-state index in [2.05, 4.69) is 35.7 Å². The Kier molecular flexibility index (Phi) is 7.40. The first-order valence-electron chi connectivity index (χ1n) is 12.6. The number of nitriles is 1. The molecule has 0 radical (unpaired) electrons. The summed E-state index contributed by atoms with van der Waals surface area (Å²) in [5.41, 5.74) is 5.56. The fourth-order valence-corrected chi connectivity index (χ4v) is 4.73. The maximum Gasteiger partial charge on any atom is 0.407 e. The van der Waals surface area contributed by atoms with Crippen LogP contribution in [0.5, 0.6) is 0 Å². The van der Waals surface area contributed by atoms with E-state index >= 15 is 0 Å². The minimum Gasteiger partial charge on any atom is -0.444 e. The first-order valence-corrected chi connectivity index (χ1v) is 12.6. The first kappa shape index (κ1) is 26.0. The second-order valence-corrected chi connectivity index (χ2v) is 10.6. The Morgan fingerprint density at radius 1 is 1.05 bits per heavy atom. The number of hydrogen-bond donors (Lipinski definition) is 1. The molecule has 4 rings (SSSR count). The highest BCUT2D eigenvalue weighted by Gasteiger charge is 2.30. The molecular weight excluding hydrogens is 464 g/mol. The van der Waals surface area contributed by atoms with Gasteiger partial charge in [0.25, 0.3) is 5.91 Å². The summed E-state index contributed by atoms with van der Waals surface area (Å²) >= 11 is 0. The molecule has 1 atom stereocenters. The lowest BCUT2D eigenvalue weighted by molar-refractivity contribution is 0.0450. The summed E-state index contributed by atoms with van der Waals surface area (Å²) in [5.74, 6) is -0.0774. The summed E-state index contributed by atoms with van der Waals surface area (Å²) in [7, 11) is 1.91. The van der Waals surface area contributed by atoms with Crippen LogP contribution in [-0.4, -0.2) is 46.2 Å². The van der Waals surface area contributed by atoms with Crippen molar-refractivity contribution in [2.24, 2.45) is 7.05 Å². The van der Waals surface area contributed by atoms with Crippen LogP contribution < -0.4 is 5.32 Å². The third-order valence-electron chi connectivity index (χ3n) is 6.53. The Morgan fingerprint density at radius 3 is 2.32 bits per heavy atom. The molecule has 1 aliphatic rings. The lowest BCUT2D eigenvalue weighted by atomic mass is 9.99. The van der Waals surface area contributed by atoms with Gasteiger partial charge in [0.05, 0.1) is 17.3 Å². The van der Waals surface area contributed by atoms with Crippen molar-refractivity contribution in [2.45, 2.75) is 52.2 Å². The standard InChI is InChI=1S/C30H34N4O3/c1-20-8-12-23(13-9-20)27-25(22-14-10-21(18-31)11-15-22)17-26(33(27)5)28(35)34-16-6-7-24(19-34)32-29(36)37-30(2,3)4/h8-15,17,24H,6-7,16,19H2,1-5H3,(H,32,36). The third-order valence-corrected chi connectivity index (χ3v) is 6.53. The highest BCUT2D eigenvalue weighted by Crippen LogP contribution is 2.35. The number of nitrogens with one attached hydrogen (secondary N) is 1. The van der Waals surface area contributed by atoms with Gasteiger partial charge in [-0.2, -0.15) is 5.26 Å². The van der Waals surface area contributed by atoms with Gasteiger partial charge in [0.1, 0.15) is 11.3 Å². The maximum atomic E-state index is 13.8. The number of hydrogen-bond acceptors (Lipinski definition) is 4. The highest BCUT2D eigenvalue weighted by molar-refractivity contribution is 5.98. The Balaban J connectivity index is 1.65. The van der Waals surface area contributed by atoms with E-state index in [-0.39, 0.29) is 11.9 Å². The van der Waals surface area contributed by atoms with Crippen molar-refractivity contribution in [3.63, 3.8) is 0 Å². The molecule has 0 spiro atoms. The van der Waals surface area contributed by atoms with E-state index in [1.165, 1.54) is 0 Å². The molecule has 192 valence electrons. The molecule has 3 aromatic rings. The van der Waals surface area contributed by atoms with Crippen LogP contribution in [0.3, 0.4) is 0 Å². The number of aromatic nitrogens is 1. The smallest absolute Gasteiger partial charge is 0.407 e. The molecule has 2 aromatic carbocycles. The average Bonchev–Trinajstić information content (AvgIpc) is 3.20. The summed E-state index contributed by atoms with van der Waals surface area (Å²) in [6, 6.07) is 19.6. The number of ether oxygens (including phenoxy) is 1. The van der Waals surface area contributed by atoms with Crippen molar-refractivity contribution >= 4 is 12.0 Å². The van der Waals surface area contributed by atoms with Crippen LogP contribution in [0.25, 0.3) is 22.4 Å². The normalized spacial score (nSPS) is 15.7. The molecule has 1 saturated heterocycles. The fourth-order valence-electron chi connectivity index (χ4n) is 4.73. The fraction of sp³-hybridized carbons (Fsp3) is 0.367. The molecule has 1 N–H and O–H groups in total. The van der Waals surface area contributed by atoms with Crippen molar-refractivity contribution in [3.05, 3.63) is 71.4 Å². The predicted octanol–water partition coefficient (Wildman–Crippen LogP) is 5.67. The quantitative estimate of drug-likeness (QED) is 0.502. The Bertz CT molecular complexity index is 1330. The molecule has 7 heteroatoms. The molecule has 37 heavy (non-hydrogen) atoms. The Labute approximate surface area is 218 Å². The van der Waals surface area contributed by atoms with E-state index in [1.807, 2.05) is 62.4 Å². The van der Waals surface area contributed by atoms with Crippen LogP contribution >= 0.6 is 0 Å². The molecule has 2 heterocycles. The number of amides is 2. The minimum absolute atomic E-state index is 0.0774. The molecule has 1 unspecified atom stereocenters. The predicted molar refractivity (Wildman–Crippen MR) is 144 cm³/mol. The minimum atomic E-state index is -0.578. The van der Waals surface area contributed by atoms with Crippen LogP contribution in [0.4, 0.5) is 4.79 Å². The zero-order chi connectivity index (χ0) is 26.7. The van der Waals surface area contributed by atoms with Gasteiger partial charge in [0.2, 0.25) is 0 Å². The molecule has 0 saturated carbocycles. The summed E-state index contributed by atoms with van der Waals surface area (Å²) in [6.07, 6.45) is 1.13. The third kappa shape index (κ3) is 6.03. The number of benzene rings is 2. The zero-order valence-corrected chi connectivity index (χ0v) is 22.2. The molecular formula is C30H34N4O3. The monoisotopic (exact) mass is 498 g/mol. The maximum absolute atomic E-state index is 13.8.